The van der Waals surface area contributed by atoms with Crippen LogP contribution >= 0.6 is 12.4 Å². The fraction of sp³-hybridized carbons (Fsp3) is 0.370. The molecule has 6 rings (SSSR count). The standard InChI is InChI=1S/C27H29N5O.ClH/c1-18(22-7-2-4-13-28-22)33-19-10-11-20-21(12-15-30-24(20)17-19)26-25-9-6-16-32(25)31-27(26)23-8-3-5-14-29-23;/h3,5,8,10-12,14-15,17-18,22,28H,2,4,6-7,9,13,16H2,1H3;1H. The largest absolute Gasteiger partial charge is 0.489 e. The number of hydrogen-bond acceptors (Lipinski definition) is 5. The molecule has 34 heavy (non-hydrogen) atoms. The van der Waals surface area contributed by atoms with Gasteiger partial charge in [-0.15, -0.1) is 12.4 Å². The predicted octanol–water partition coefficient (Wildman–Crippen LogP) is 5.44. The van der Waals surface area contributed by atoms with Gasteiger partial charge in [0.05, 0.1) is 11.2 Å². The minimum Gasteiger partial charge on any atom is -0.489 e. The SMILES string of the molecule is CC(Oc1ccc2c(-c3c(-c4ccccn4)nn4c3CCC4)ccnc2c1)C1CCCCN1.Cl. The van der Waals surface area contributed by atoms with E-state index in [2.05, 4.69) is 51.2 Å². The molecule has 0 bridgehead atoms. The summed E-state index contributed by atoms with van der Waals surface area (Å²) in [5, 5.41) is 9.67. The molecule has 2 unspecified atom stereocenters. The summed E-state index contributed by atoms with van der Waals surface area (Å²) in [7, 11) is 0. The quantitative estimate of drug-likeness (QED) is 0.416. The van der Waals surface area contributed by atoms with Gasteiger partial charge in [0, 0.05) is 47.7 Å². The molecular weight excluding hydrogens is 446 g/mol. The van der Waals surface area contributed by atoms with Crippen LogP contribution in [-0.2, 0) is 13.0 Å². The highest BCUT2D eigenvalue weighted by atomic mass is 35.5. The molecule has 176 valence electrons. The first-order valence-corrected chi connectivity index (χ1v) is 12.1. The lowest BCUT2D eigenvalue weighted by Gasteiger charge is -2.29. The van der Waals surface area contributed by atoms with Crippen LogP contribution in [0.15, 0.2) is 54.9 Å². The molecule has 7 heteroatoms. The number of aromatic nitrogens is 4. The van der Waals surface area contributed by atoms with Gasteiger partial charge in [-0.3, -0.25) is 14.6 Å². The second-order valence-electron chi connectivity index (χ2n) is 9.13. The number of hydrogen-bond donors (Lipinski definition) is 1. The smallest absolute Gasteiger partial charge is 0.121 e. The lowest BCUT2D eigenvalue weighted by molar-refractivity contribution is 0.153. The highest BCUT2D eigenvalue weighted by Crippen LogP contribution is 2.40. The van der Waals surface area contributed by atoms with E-state index in [9.17, 15) is 0 Å². The molecule has 0 radical (unpaired) electrons. The predicted molar refractivity (Wildman–Crippen MR) is 137 cm³/mol. The molecule has 0 amide bonds. The molecule has 2 atom stereocenters. The normalized spacial score (nSPS) is 18.3. The Hall–Kier alpha value is -2.96. The number of nitrogens with zero attached hydrogens (tertiary/aromatic N) is 4. The zero-order chi connectivity index (χ0) is 22.2. The van der Waals surface area contributed by atoms with E-state index in [0.717, 1.165) is 59.5 Å². The van der Waals surface area contributed by atoms with Crippen molar-refractivity contribution >= 4 is 23.3 Å². The molecule has 0 spiro atoms. The van der Waals surface area contributed by atoms with Gasteiger partial charge in [-0.05, 0) is 75.0 Å². The Balaban J connectivity index is 0.00000241. The maximum absolute atomic E-state index is 6.33. The van der Waals surface area contributed by atoms with Crippen molar-refractivity contribution in [2.75, 3.05) is 6.54 Å². The van der Waals surface area contributed by atoms with Crippen molar-refractivity contribution in [1.29, 1.82) is 0 Å². The van der Waals surface area contributed by atoms with Crippen LogP contribution in [0.4, 0.5) is 0 Å². The molecule has 0 aliphatic carbocycles. The summed E-state index contributed by atoms with van der Waals surface area (Å²) in [6.45, 7) is 4.20. The van der Waals surface area contributed by atoms with Gasteiger partial charge < -0.3 is 10.1 Å². The third kappa shape index (κ3) is 4.17. The molecular formula is C27H30ClN5O. The van der Waals surface area contributed by atoms with Crippen molar-refractivity contribution in [2.45, 2.75) is 57.7 Å². The Morgan fingerprint density at radius 1 is 1.06 bits per heavy atom. The Kier molecular flexibility index (Phi) is 6.53. The third-order valence-electron chi connectivity index (χ3n) is 6.97. The van der Waals surface area contributed by atoms with Crippen LogP contribution in [0.25, 0.3) is 33.4 Å². The fourth-order valence-electron chi connectivity index (χ4n) is 5.29. The van der Waals surface area contributed by atoms with Crippen molar-refractivity contribution in [1.82, 2.24) is 25.1 Å². The van der Waals surface area contributed by atoms with E-state index in [-0.39, 0.29) is 18.5 Å². The number of fused-ring (bicyclic) bond motifs is 2. The molecule has 3 aromatic heterocycles. The lowest BCUT2D eigenvalue weighted by atomic mass is 9.96. The second-order valence-corrected chi connectivity index (χ2v) is 9.13. The van der Waals surface area contributed by atoms with Crippen molar-refractivity contribution in [3.05, 3.63) is 60.6 Å². The van der Waals surface area contributed by atoms with Crippen LogP contribution in [0.3, 0.4) is 0 Å². The Morgan fingerprint density at radius 2 is 2.00 bits per heavy atom. The van der Waals surface area contributed by atoms with Crippen LogP contribution < -0.4 is 10.1 Å². The van der Waals surface area contributed by atoms with Gasteiger partial charge in [0.15, 0.2) is 0 Å². The minimum absolute atomic E-state index is 0. The van der Waals surface area contributed by atoms with E-state index in [0.29, 0.717) is 6.04 Å². The number of piperidine rings is 1. The Bertz CT molecular complexity index is 1280. The van der Waals surface area contributed by atoms with Crippen LogP contribution in [-0.4, -0.2) is 38.4 Å². The maximum Gasteiger partial charge on any atom is 0.121 e. The zero-order valence-electron chi connectivity index (χ0n) is 19.4. The van der Waals surface area contributed by atoms with Gasteiger partial charge in [-0.25, -0.2) is 0 Å². The number of aryl methyl sites for hydroxylation is 1. The summed E-state index contributed by atoms with van der Waals surface area (Å²) in [5.41, 5.74) is 6.45. The number of benzene rings is 1. The van der Waals surface area contributed by atoms with E-state index >= 15 is 0 Å². The van der Waals surface area contributed by atoms with Crippen molar-refractivity contribution < 1.29 is 4.74 Å². The molecule has 0 saturated carbocycles. The highest BCUT2D eigenvalue weighted by Gasteiger charge is 2.26. The van der Waals surface area contributed by atoms with Gasteiger partial charge in [0.2, 0.25) is 0 Å². The first kappa shape index (κ1) is 22.8. The molecule has 1 aromatic carbocycles. The molecule has 2 aliphatic rings. The number of nitrogens with one attached hydrogen (secondary N) is 1. The average molecular weight is 476 g/mol. The maximum atomic E-state index is 6.33. The van der Waals surface area contributed by atoms with Gasteiger partial charge in [-0.2, -0.15) is 5.10 Å². The van der Waals surface area contributed by atoms with Gasteiger partial charge in [0.25, 0.3) is 0 Å². The van der Waals surface area contributed by atoms with E-state index in [1.807, 2.05) is 30.6 Å². The second kappa shape index (κ2) is 9.72. The van der Waals surface area contributed by atoms with Crippen molar-refractivity contribution in [2.24, 2.45) is 0 Å². The number of rotatable bonds is 5. The summed E-state index contributed by atoms with van der Waals surface area (Å²) in [4.78, 5) is 9.29. The molecule has 1 N–H and O–H groups in total. The van der Waals surface area contributed by atoms with E-state index in [4.69, 9.17) is 9.84 Å². The van der Waals surface area contributed by atoms with E-state index < -0.39 is 0 Å². The summed E-state index contributed by atoms with van der Waals surface area (Å²) in [5.74, 6) is 0.872. The molecule has 6 nitrogen and oxygen atoms in total. The Labute approximate surface area is 206 Å². The third-order valence-corrected chi connectivity index (χ3v) is 6.97. The summed E-state index contributed by atoms with van der Waals surface area (Å²) in [6.07, 6.45) is 9.71. The zero-order valence-corrected chi connectivity index (χ0v) is 20.2. The van der Waals surface area contributed by atoms with Crippen LogP contribution in [0.2, 0.25) is 0 Å². The molecule has 1 fully saturated rings. The Morgan fingerprint density at radius 3 is 2.82 bits per heavy atom. The minimum atomic E-state index is 0. The van der Waals surface area contributed by atoms with Gasteiger partial charge >= 0.3 is 0 Å². The van der Waals surface area contributed by atoms with Gasteiger partial charge in [-0.1, -0.05) is 12.5 Å². The first-order valence-electron chi connectivity index (χ1n) is 12.1. The lowest BCUT2D eigenvalue weighted by Crippen LogP contribution is -2.44. The van der Waals surface area contributed by atoms with E-state index in [1.165, 1.54) is 30.5 Å². The number of halogens is 1. The summed E-state index contributed by atoms with van der Waals surface area (Å²) < 4.78 is 8.49. The molecule has 2 aliphatic heterocycles. The van der Waals surface area contributed by atoms with Crippen molar-refractivity contribution in [3.63, 3.8) is 0 Å². The van der Waals surface area contributed by atoms with E-state index in [1.54, 1.807) is 0 Å². The number of pyridine rings is 2. The highest BCUT2D eigenvalue weighted by molar-refractivity contribution is 5.99. The van der Waals surface area contributed by atoms with Crippen molar-refractivity contribution in [3.8, 4) is 28.3 Å². The summed E-state index contributed by atoms with van der Waals surface area (Å²) in [6, 6.07) is 14.8. The fourth-order valence-corrected chi connectivity index (χ4v) is 5.29. The summed E-state index contributed by atoms with van der Waals surface area (Å²) >= 11 is 0. The average Bonchev–Trinajstić information content (AvgIpc) is 3.46. The monoisotopic (exact) mass is 475 g/mol. The van der Waals surface area contributed by atoms with Crippen LogP contribution in [0.5, 0.6) is 5.75 Å². The molecule has 4 aromatic rings. The molecule has 1 saturated heterocycles. The first-order chi connectivity index (χ1) is 16.3. The molecule has 5 heterocycles. The van der Waals surface area contributed by atoms with Crippen LogP contribution in [0, 0.1) is 0 Å². The van der Waals surface area contributed by atoms with Crippen LogP contribution in [0.1, 0.15) is 38.3 Å². The number of ether oxygens (including phenoxy) is 1. The van der Waals surface area contributed by atoms with Gasteiger partial charge in [0.1, 0.15) is 17.5 Å². The topological polar surface area (TPSA) is 64.9 Å².